The molecule has 132 valence electrons. The summed E-state index contributed by atoms with van der Waals surface area (Å²) in [5.41, 5.74) is -0.0846. The first-order valence-electron chi connectivity index (χ1n) is 7.68. The van der Waals surface area contributed by atoms with Crippen LogP contribution in [0.4, 0.5) is 19.3 Å². The number of carbonyl (C=O) groups is 1. The number of nitrogens with zero attached hydrogens (tertiary/aromatic N) is 1. The Labute approximate surface area is 137 Å². The predicted octanol–water partition coefficient (Wildman–Crippen LogP) is 3.58. The highest BCUT2D eigenvalue weighted by Gasteiger charge is 2.45. The molecule has 0 radical (unpaired) electrons. The van der Waals surface area contributed by atoms with E-state index in [1.165, 1.54) is 17.0 Å². The maximum Gasteiger partial charge on any atom is 0.586 e. The van der Waals surface area contributed by atoms with Gasteiger partial charge in [0, 0.05) is 18.2 Å². The molecule has 24 heavy (non-hydrogen) atoms. The third-order valence-electron chi connectivity index (χ3n) is 3.67. The largest absolute Gasteiger partial charge is 0.586 e. The van der Waals surface area contributed by atoms with E-state index in [0.29, 0.717) is 24.9 Å². The van der Waals surface area contributed by atoms with Crippen molar-refractivity contribution in [2.45, 2.75) is 51.6 Å². The van der Waals surface area contributed by atoms with E-state index in [9.17, 15) is 18.7 Å². The topological polar surface area (TPSA) is 68.2 Å². The molecule has 2 heterocycles. The normalized spacial score (nSPS) is 21.9. The van der Waals surface area contributed by atoms with Crippen molar-refractivity contribution in [1.82, 2.24) is 0 Å². The van der Waals surface area contributed by atoms with Gasteiger partial charge in [-0.1, -0.05) is 0 Å². The van der Waals surface area contributed by atoms with E-state index in [-0.39, 0.29) is 17.2 Å². The second-order valence-corrected chi connectivity index (χ2v) is 6.82. The number of benzene rings is 1. The first-order chi connectivity index (χ1) is 11.1. The first kappa shape index (κ1) is 16.8. The Morgan fingerprint density at radius 1 is 1.33 bits per heavy atom. The lowest BCUT2D eigenvalue weighted by Gasteiger charge is -2.27. The van der Waals surface area contributed by atoms with Gasteiger partial charge in [0.15, 0.2) is 11.5 Å². The van der Waals surface area contributed by atoms with Gasteiger partial charge in [-0.15, -0.1) is 8.78 Å². The number of halogens is 2. The number of hydrogen-bond donors (Lipinski definition) is 1. The van der Waals surface area contributed by atoms with E-state index in [4.69, 9.17) is 4.74 Å². The summed E-state index contributed by atoms with van der Waals surface area (Å²) in [6.45, 7) is 5.51. The van der Waals surface area contributed by atoms with Crippen molar-refractivity contribution < 1.29 is 32.9 Å². The standard InChI is InChI=1S/C16H19F2NO5/c1-15(2,3)24-14(21)19-6-4-5-11(20)9-7-12-13(8-10(9)19)23-16(17,18)22-12/h7-8,11,20H,4-6H2,1-3H3. The van der Waals surface area contributed by atoms with Crippen LogP contribution in [0.15, 0.2) is 12.1 Å². The number of alkyl halides is 2. The summed E-state index contributed by atoms with van der Waals surface area (Å²) in [7, 11) is 0. The fourth-order valence-electron chi connectivity index (χ4n) is 2.73. The molecule has 1 unspecified atom stereocenters. The van der Waals surface area contributed by atoms with Gasteiger partial charge in [-0.25, -0.2) is 4.79 Å². The van der Waals surface area contributed by atoms with Crippen LogP contribution in [0.5, 0.6) is 11.5 Å². The number of fused-ring (bicyclic) bond motifs is 2. The molecule has 1 aromatic rings. The molecule has 0 bridgehead atoms. The van der Waals surface area contributed by atoms with Crippen molar-refractivity contribution in [3.05, 3.63) is 17.7 Å². The number of anilines is 1. The highest BCUT2D eigenvalue weighted by Crippen LogP contribution is 2.47. The summed E-state index contributed by atoms with van der Waals surface area (Å²) < 4.78 is 40.8. The number of aliphatic hydroxyl groups is 1. The van der Waals surface area contributed by atoms with Gasteiger partial charge in [0.25, 0.3) is 0 Å². The molecular weight excluding hydrogens is 324 g/mol. The van der Waals surface area contributed by atoms with Crippen molar-refractivity contribution in [2.24, 2.45) is 0 Å². The first-order valence-corrected chi connectivity index (χ1v) is 7.68. The Kier molecular flexibility index (Phi) is 3.82. The van der Waals surface area contributed by atoms with E-state index < -0.39 is 24.1 Å². The van der Waals surface area contributed by atoms with Gasteiger partial charge in [-0.2, -0.15) is 0 Å². The fourth-order valence-corrected chi connectivity index (χ4v) is 2.73. The third kappa shape index (κ3) is 3.24. The predicted molar refractivity (Wildman–Crippen MR) is 80.4 cm³/mol. The zero-order valence-electron chi connectivity index (χ0n) is 13.6. The highest BCUT2D eigenvalue weighted by molar-refractivity contribution is 5.90. The average Bonchev–Trinajstić information content (AvgIpc) is 2.63. The monoisotopic (exact) mass is 343 g/mol. The third-order valence-corrected chi connectivity index (χ3v) is 3.67. The Morgan fingerprint density at radius 2 is 1.96 bits per heavy atom. The van der Waals surface area contributed by atoms with Crippen molar-refractivity contribution in [3.8, 4) is 11.5 Å². The van der Waals surface area contributed by atoms with Crippen molar-refractivity contribution in [3.63, 3.8) is 0 Å². The van der Waals surface area contributed by atoms with Gasteiger partial charge in [0.05, 0.1) is 11.8 Å². The summed E-state index contributed by atoms with van der Waals surface area (Å²) in [6, 6.07) is 2.57. The number of carbonyl (C=O) groups excluding carboxylic acids is 1. The van der Waals surface area contributed by atoms with Gasteiger partial charge in [0.2, 0.25) is 0 Å². The second-order valence-electron chi connectivity index (χ2n) is 6.82. The van der Waals surface area contributed by atoms with Crippen LogP contribution in [0.1, 0.15) is 45.3 Å². The average molecular weight is 343 g/mol. The van der Waals surface area contributed by atoms with Crippen LogP contribution in [0, 0.1) is 0 Å². The maximum absolute atomic E-state index is 13.3. The Bertz CT molecular complexity index is 671. The Morgan fingerprint density at radius 3 is 2.58 bits per heavy atom. The van der Waals surface area contributed by atoms with E-state index in [2.05, 4.69) is 9.47 Å². The zero-order chi connectivity index (χ0) is 17.7. The molecule has 0 saturated carbocycles. The van der Waals surface area contributed by atoms with E-state index >= 15 is 0 Å². The maximum atomic E-state index is 13.3. The van der Waals surface area contributed by atoms with Crippen LogP contribution >= 0.6 is 0 Å². The minimum Gasteiger partial charge on any atom is -0.443 e. The molecule has 1 atom stereocenters. The minimum absolute atomic E-state index is 0.163. The lowest BCUT2D eigenvalue weighted by Crippen LogP contribution is -2.37. The lowest BCUT2D eigenvalue weighted by molar-refractivity contribution is -0.286. The molecular formula is C16H19F2NO5. The highest BCUT2D eigenvalue weighted by atomic mass is 19.3. The molecule has 0 spiro atoms. The minimum atomic E-state index is -3.76. The molecule has 2 aliphatic rings. The molecule has 1 N–H and O–H groups in total. The summed E-state index contributed by atoms with van der Waals surface area (Å²) in [5, 5.41) is 10.3. The van der Waals surface area contributed by atoms with Crippen LogP contribution in [0.3, 0.4) is 0 Å². The molecule has 2 aliphatic heterocycles. The molecule has 0 aliphatic carbocycles. The summed E-state index contributed by atoms with van der Waals surface area (Å²) >= 11 is 0. The number of aliphatic hydroxyl groups excluding tert-OH is 1. The number of ether oxygens (including phenoxy) is 3. The molecule has 1 amide bonds. The number of rotatable bonds is 0. The van der Waals surface area contributed by atoms with Crippen LogP contribution in [0.25, 0.3) is 0 Å². The van der Waals surface area contributed by atoms with Gasteiger partial charge >= 0.3 is 12.4 Å². The smallest absolute Gasteiger partial charge is 0.443 e. The SMILES string of the molecule is CC(C)(C)OC(=O)N1CCCC(O)c2cc3c(cc21)OC(F)(F)O3. The second kappa shape index (κ2) is 5.47. The quantitative estimate of drug-likeness (QED) is 0.780. The molecule has 1 aromatic carbocycles. The van der Waals surface area contributed by atoms with Crippen molar-refractivity contribution >= 4 is 11.8 Å². The van der Waals surface area contributed by atoms with Crippen LogP contribution in [-0.4, -0.2) is 29.6 Å². The van der Waals surface area contributed by atoms with Gasteiger partial charge in [-0.05, 0) is 39.7 Å². The van der Waals surface area contributed by atoms with Crippen molar-refractivity contribution in [1.29, 1.82) is 0 Å². The van der Waals surface area contributed by atoms with Gasteiger partial charge < -0.3 is 19.3 Å². The van der Waals surface area contributed by atoms with Gasteiger partial charge in [0.1, 0.15) is 5.60 Å². The van der Waals surface area contributed by atoms with Gasteiger partial charge in [-0.3, -0.25) is 4.90 Å². The van der Waals surface area contributed by atoms with Crippen LogP contribution in [0.2, 0.25) is 0 Å². The summed E-state index contributed by atoms with van der Waals surface area (Å²) in [6.07, 6.45) is -4.33. The molecule has 0 saturated heterocycles. The van der Waals surface area contributed by atoms with E-state index in [0.717, 1.165) is 0 Å². The van der Waals surface area contributed by atoms with Crippen LogP contribution < -0.4 is 14.4 Å². The van der Waals surface area contributed by atoms with E-state index in [1.807, 2.05) is 0 Å². The molecule has 0 fully saturated rings. The van der Waals surface area contributed by atoms with Crippen LogP contribution in [-0.2, 0) is 4.74 Å². The van der Waals surface area contributed by atoms with E-state index in [1.54, 1.807) is 20.8 Å². The number of hydrogen-bond acceptors (Lipinski definition) is 5. The Hall–Kier alpha value is -2.09. The fraction of sp³-hybridized carbons (Fsp3) is 0.562. The van der Waals surface area contributed by atoms with Crippen molar-refractivity contribution in [2.75, 3.05) is 11.4 Å². The zero-order valence-corrected chi connectivity index (χ0v) is 13.6. The molecule has 0 aromatic heterocycles. The number of amides is 1. The summed E-state index contributed by atoms with van der Waals surface area (Å²) in [4.78, 5) is 13.8. The molecule has 6 nitrogen and oxygen atoms in total. The molecule has 8 heteroatoms. The summed E-state index contributed by atoms with van der Waals surface area (Å²) in [5.74, 6) is -0.342. The molecule has 3 rings (SSSR count). The lowest BCUT2D eigenvalue weighted by atomic mass is 10.0. The Balaban J connectivity index is 2.01.